The second kappa shape index (κ2) is 7.04. The Balaban J connectivity index is 1.83. The lowest BCUT2D eigenvalue weighted by Crippen LogP contribution is -2.38. The molecule has 1 N–H and O–H groups in total. The molecule has 2 heterocycles. The van der Waals surface area contributed by atoms with E-state index >= 15 is 0 Å². The van der Waals surface area contributed by atoms with Crippen LogP contribution in [0.2, 0.25) is 0 Å². The van der Waals surface area contributed by atoms with Crippen LogP contribution in [0.25, 0.3) is 0 Å². The van der Waals surface area contributed by atoms with Gasteiger partial charge in [-0.15, -0.1) is 0 Å². The third-order valence-electron chi connectivity index (χ3n) is 3.98. The average molecular weight is 294 g/mol. The Hall–Kier alpha value is -1.40. The van der Waals surface area contributed by atoms with Crippen LogP contribution in [0.3, 0.4) is 0 Å². The van der Waals surface area contributed by atoms with Crippen LogP contribution >= 0.6 is 0 Å². The van der Waals surface area contributed by atoms with Gasteiger partial charge in [0.1, 0.15) is 0 Å². The number of likely N-dealkylation sites (N-methyl/N-ethyl adjacent to an activating group) is 1. The first kappa shape index (κ1) is 16.0. The van der Waals surface area contributed by atoms with E-state index in [1.54, 1.807) is 4.68 Å². The van der Waals surface area contributed by atoms with Gasteiger partial charge in [-0.25, -0.2) is 0 Å². The Morgan fingerprint density at radius 3 is 2.81 bits per heavy atom. The smallest absolute Gasteiger partial charge is 0.238 e. The van der Waals surface area contributed by atoms with Crippen LogP contribution in [-0.4, -0.2) is 53.4 Å². The largest absolute Gasteiger partial charge is 0.377 e. The SMILES string of the molecule is Cc1nn(C)c(C)c1NC(=O)CN(C)CC1CCCCO1. The minimum Gasteiger partial charge on any atom is -0.377 e. The Kier molecular flexibility index (Phi) is 5.36. The second-order valence-corrected chi connectivity index (χ2v) is 5.90. The molecule has 1 unspecified atom stereocenters. The van der Waals surface area contributed by atoms with Gasteiger partial charge in [0.05, 0.1) is 29.7 Å². The summed E-state index contributed by atoms with van der Waals surface area (Å²) in [5.41, 5.74) is 2.64. The molecular formula is C15H26N4O2. The van der Waals surface area contributed by atoms with Crippen molar-refractivity contribution in [1.29, 1.82) is 0 Å². The first-order valence-corrected chi connectivity index (χ1v) is 7.57. The first-order valence-electron chi connectivity index (χ1n) is 7.57. The van der Waals surface area contributed by atoms with E-state index in [1.807, 2.05) is 32.8 Å². The van der Waals surface area contributed by atoms with Gasteiger partial charge in [-0.3, -0.25) is 14.4 Å². The lowest BCUT2D eigenvalue weighted by molar-refractivity contribution is -0.117. The van der Waals surface area contributed by atoms with Crippen molar-refractivity contribution < 1.29 is 9.53 Å². The Morgan fingerprint density at radius 2 is 2.24 bits per heavy atom. The summed E-state index contributed by atoms with van der Waals surface area (Å²) in [6, 6.07) is 0. The van der Waals surface area contributed by atoms with Gasteiger partial charge in [0.2, 0.25) is 5.91 Å². The molecule has 0 bridgehead atoms. The number of carbonyl (C=O) groups excluding carboxylic acids is 1. The van der Waals surface area contributed by atoms with Crippen molar-refractivity contribution in [2.75, 3.05) is 32.1 Å². The number of rotatable bonds is 5. The normalized spacial score (nSPS) is 19.0. The minimum atomic E-state index is -0.00694. The first-order chi connectivity index (χ1) is 9.97. The van der Waals surface area contributed by atoms with Gasteiger partial charge in [0, 0.05) is 20.2 Å². The number of nitrogens with one attached hydrogen (secondary N) is 1. The molecule has 1 aromatic rings. The summed E-state index contributed by atoms with van der Waals surface area (Å²) in [6.07, 6.45) is 3.73. The summed E-state index contributed by atoms with van der Waals surface area (Å²) < 4.78 is 7.49. The maximum Gasteiger partial charge on any atom is 0.238 e. The number of anilines is 1. The Labute approximate surface area is 126 Å². The van der Waals surface area contributed by atoms with Crippen molar-refractivity contribution in [2.24, 2.45) is 7.05 Å². The molecule has 6 nitrogen and oxygen atoms in total. The lowest BCUT2D eigenvalue weighted by Gasteiger charge is -2.27. The number of ether oxygens (including phenoxy) is 1. The predicted molar refractivity (Wildman–Crippen MR) is 82.4 cm³/mol. The quantitative estimate of drug-likeness (QED) is 0.893. The maximum absolute atomic E-state index is 12.1. The van der Waals surface area contributed by atoms with Crippen LogP contribution in [0.4, 0.5) is 5.69 Å². The predicted octanol–water partition coefficient (Wildman–Crippen LogP) is 1.48. The summed E-state index contributed by atoms with van der Waals surface area (Å²) in [5, 5.41) is 7.27. The highest BCUT2D eigenvalue weighted by Gasteiger charge is 2.18. The van der Waals surface area contributed by atoms with E-state index < -0.39 is 0 Å². The maximum atomic E-state index is 12.1. The van der Waals surface area contributed by atoms with E-state index in [0.29, 0.717) is 6.54 Å². The zero-order chi connectivity index (χ0) is 15.4. The standard InChI is InChI=1S/C15H26N4O2/c1-11-15(12(2)19(4)17-11)16-14(20)10-18(3)9-13-7-5-6-8-21-13/h13H,5-10H2,1-4H3,(H,16,20). The van der Waals surface area contributed by atoms with E-state index in [9.17, 15) is 4.79 Å². The topological polar surface area (TPSA) is 59.4 Å². The van der Waals surface area contributed by atoms with Crippen molar-refractivity contribution in [1.82, 2.24) is 14.7 Å². The van der Waals surface area contributed by atoms with Gasteiger partial charge in [0.15, 0.2) is 0 Å². The average Bonchev–Trinajstić information content (AvgIpc) is 2.66. The van der Waals surface area contributed by atoms with Crippen molar-refractivity contribution in [3.05, 3.63) is 11.4 Å². The summed E-state index contributed by atoms with van der Waals surface area (Å²) in [6.45, 7) is 5.88. The van der Waals surface area contributed by atoms with Gasteiger partial charge in [0.25, 0.3) is 0 Å². The molecule has 1 atom stereocenters. The number of amides is 1. The number of hydrogen-bond acceptors (Lipinski definition) is 4. The van der Waals surface area contributed by atoms with Crippen LogP contribution in [0, 0.1) is 13.8 Å². The molecule has 0 spiro atoms. The monoisotopic (exact) mass is 294 g/mol. The molecule has 118 valence electrons. The van der Waals surface area contributed by atoms with Crippen molar-refractivity contribution in [3.8, 4) is 0 Å². The highest BCUT2D eigenvalue weighted by Crippen LogP contribution is 2.18. The van der Waals surface area contributed by atoms with Crippen LogP contribution in [0.1, 0.15) is 30.7 Å². The van der Waals surface area contributed by atoms with Crippen molar-refractivity contribution >= 4 is 11.6 Å². The molecule has 1 aromatic heterocycles. The fourth-order valence-electron chi connectivity index (χ4n) is 2.74. The molecule has 1 fully saturated rings. The molecule has 0 aromatic carbocycles. The van der Waals surface area contributed by atoms with E-state index in [0.717, 1.165) is 43.1 Å². The van der Waals surface area contributed by atoms with E-state index in [4.69, 9.17) is 4.74 Å². The van der Waals surface area contributed by atoms with Gasteiger partial charge in [-0.2, -0.15) is 5.10 Å². The summed E-state index contributed by atoms with van der Waals surface area (Å²) >= 11 is 0. The lowest BCUT2D eigenvalue weighted by atomic mass is 10.1. The summed E-state index contributed by atoms with van der Waals surface area (Å²) in [7, 11) is 3.84. The Bertz CT molecular complexity index is 492. The summed E-state index contributed by atoms with van der Waals surface area (Å²) in [5.74, 6) is -0.00694. The zero-order valence-electron chi connectivity index (χ0n) is 13.5. The van der Waals surface area contributed by atoms with E-state index in [1.165, 1.54) is 6.42 Å². The molecule has 2 rings (SSSR count). The van der Waals surface area contributed by atoms with Crippen LogP contribution in [0.15, 0.2) is 0 Å². The highest BCUT2D eigenvalue weighted by atomic mass is 16.5. The number of carbonyl (C=O) groups is 1. The molecule has 21 heavy (non-hydrogen) atoms. The summed E-state index contributed by atoms with van der Waals surface area (Å²) in [4.78, 5) is 14.2. The molecule has 0 saturated carbocycles. The molecule has 1 aliphatic rings. The van der Waals surface area contributed by atoms with Gasteiger partial charge in [-0.1, -0.05) is 0 Å². The fraction of sp³-hybridized carbons (Fsp3) is 0.733. The van der Waals surface area contributed by atoms with Crippen LogP contribution < -0.4 is 5.32 Å². The number of aromatic nitrogens is 2. The fourth-order valence-corrected chi connectivity index (χ4v) is 2.74. The molecule has 0 aliphatic carbocycles. The van der Waals surface area contributed by atoms with E-state index in [2.05, 4.69) is 10.4 Å². The highest BCUT2D eigenvalue weighted by molar-refractivity contribution is 5.93. The van der Waals surface area contributed by atoms with Crippen LogP contribution in [0.5, 0.6) is 0 Å². The minimum absolute atomic E-state index is 0.00694. The van der Waals surface area contributed by atoms with Gasteiger partial charge in [-0.05, 0) is 40.2 Å². The zero-order valence-corrected chi connectivity index (χ0v) is 13.5. The third kappa shape index (κ3) is 4.28. The van der Waals surface area contributed by atoms with Crippen LogP contribution in [-0.2, 0) is 16.6 Å². The second-order valence-electron chi connectivity index (χ2n) is 5.90. The molecular weight excluding hydrogens is 268 g/mol. The van der Waals surface area contributed by atoms with Gasteiger partial charge < -0.3 is 10.1 Å². The van der Waals surface area contributed by atoms with E-state index in [-0.39, 0.29) is 12.0 Å². The molecule has 0 radical (unpaired) electrons. The molecule has 6 heteroatoms. The Morgan fingerprint density at radius 1 is 1.48 bits per heavy atom. The third-order valence-corrected chi connectivity index (χ3v) is 3.98. The number of nitrogens with zero attached hydrogens (tertiary/aromatic N) is 3. The molecule has 1 amide bonds. The van der Waals surface area contributed by atoms with Crippen molar-refractivity contribution in [2.45, 2.75) is 39.2 Å². The van der Waals surface area contributed by atoms with Crippen molar-refractivity contribution in [3.63, 3.8) is 0 Å². The number of aryl methyl sites for hydroxylation is 2. The molecule has 1 aliphatic heterocycles. The molecule has 1 saturated heterocycles. The van der Waals surface area contributed by atoms with Gasteiger partial charge >= 0.3 is 0 Å². The number of hydrogen-bond donors (Lipinski definition) is 1.